The van der Waals surface area contributed by atoms with Crippen LogP contribution in [0.3, 0.4) is 0 Å². The molecule has 0 fully saturated rings. The number of carbonyl (C=O) groups excluding carboxylic acids is 1. The lowest BCUT2D eigenvalue weighted by atomic mass is 9.63. The maximum atomic E-state index is 12.2. The highest BCUT2D eigenvalue weighted by atomic mass is 16.1. The van der Waals surface area contributed by atoms with Crippen LogP contribution >= 0.6 is 0 Å². The summed E-state index contributed by atoms with van der Waals surface area (Å²) in [5, 5.41) is 0. The van der Waals surface area contributed by atoms with Gasteiger partial charge in [-0.05, 0) is 179 Å². The van der Waals surface area contributed by atoms with E-state index in [4.69, 9.17) is 0 Å². The summed E-state index contributed by atoms with van der Waals surface area (Å²) in [7, 11) is 0. The summed E-state index contributed by atoms with van der Waals surface area (Å²) in [6.07, 6.45) is 37.7. The lowest BCUT2D eigenvalue weighted by Crippen LogP contribution is -2.31. The molecule has 9 aromatic rings. The predicted octanol–water partition coefficient (Wildman–Crippen LogP) is 28.5. The first-order chi connectivity index (χ1) is 46.8. The van der Waals surface area contributed by atoms with Crippen LogP contribution in [0, 0.1) is 0 Å². The van der Waals surface area contributed by atoms with Gasteiger partial charge in [0.05, 0.1) is 0 Å². The topological polar surface area (TPSA) is 17.1 Å². The number of fused-ring (bicyclic) bond motifs is 12. The van der Waals surface area contributed by atoms with Crippen molar-refractivity contribution in [2.75, 3.05) is 0 Å². The van der Waals surface area contributed by atoms with E-state index in [1.165, 1.54) is 226 Å². The Bertz CT molecular complexity index is 3840. The Morgan fingerprint density at radius 1 is 0.242 bits per heavy atom. The molecule has 3 aliphatic rings. The first-order valence-corrected chi connectivity index (χ1v) is 38.4. The van der Waals surface area contributed by atoms with Crippen LogP contribution in [0.5, 0.6) is 0 Å². The molecule has 95 heavy (non-hydrogen) atoms. The summed E-state index contributed by atoms with van der Waals surface area (Å²) in [5.41, 5.74) is 32.3. The lowest BCUT2D eigenvalue weighted by molar-refractivity contribution is 0.112. The van der Waals surface area contributed by atoms with Crippen LogP contribution < -0.4 is 0 Å². The van der Waals surface area contributed by atoms with Crippen molar-refractivity contribution < 1.29 is 4.79 Å². The van der Waals surface area contributed by atoms with Crippen LogP contribution in [0.25, 0.3) is 89.0 Å². The molecule has 0 bridgehead atoms. The number of hydrogen-bond donors (Lipinski definition) is 0. The zero-order valence-electron chi connectivity index (χ0n) is 59.1. The van der Waals surface area contributed by atoms with E-state index in [1.807, 2.05) is 12.1 Å². The van der Waals surface area contributed by atoms with Gasteiger partial charge in [0.15, 0.2) is 0 Å². The molecule has 0 spiro atoms. The van der Waals surface area contributed by atoms with E-state index in [9.17, 15) is 4.79 Å². The van der Waals surface area contributed by atoms with Crippen LogP contribution in [0.4, 0.5) is 0 Å². The average Bonchev–Trinajstić information content (AvgIpc) is 1.48. The normalized spacial score (nSPS) is 14.1. The minimum absolute atomic E-state index is 0.203. The molecule has 0 amide bonds. The molecule has 0 N–H and O–H groups in total. The van der Waals surface area contributed by atoms with Gasteiger partial charge in [-0.3, -0.25) is 4.79 Å². The van der Waals surface area contributed by atoms with Gasteiger partial charge in [-0.1, -0.05) is 366 Å². The van der Waals surface area contributed by atoms with Gasteiger partial charge in [-0.2, -0.15) is 0 Å². The van der Waals surface area contributed by atoms with Gasteiger partial charge in [0.2, 0.25) is 0 Å². The Kier molecular flexibility index (Phi) is 22.6. The average molecular weight is 1260 g/mol. The summed E-state index contributed by atoms with van der Waals surface area (Å²) in [6, 6.07) is 73.4. The molecule has 0 unspecified atom stereocenters. The second-order valence-corrected chi connectivity index (χ2v) is 29.3. The SMILES string of the molecule is CCCCCCC1(CCCCCC)c2cc(-c3ccc(C=O)cc3)ccc2-c2c1c1c(c3c2C(CCCCCC)(CCCCCC)c2cc(-c4ccc(-c5ccccc5)cc4)ccc2-3)C(CCCCCC)(CCCCCC)c2cc(-c3ccc(-c4ccccc4)cc3)ccc2-1. The summed E-state index contributed by atoms with van der Waals surface area (Å²) < 4.78 is 0. The Morgan fingerprint density at radius 2 is 0.463 bits per heavy atom. The number of hydrogen-bond acceptors (Lipinski definition) is 1. The first kappa shape index (κ1) is 67.6. The number of rotatable bonds is 36. The second-order valence-electron chi connectivity index (χ2n) is 29.3. The molecular weight excluding hydrogens is 1150 g/mol. The highest BCUT2D eigenvalue weighted by Crippen LogP contribution is 2.72. The fourth-order valence-corrected chi connectivity index (χ4v) is 18.2. The van der Waals surface area contributed by atoms with Gasteiger partial charge in [-0.25, -0.2) is 0 Å². The number of carbonyl (C=O) groups is 1. The quantitative estimate of drug-likeness (QED) is 0.0283. The van der Waals surface area contributed by atoms with E-state index in [-0.39, 0.29) is 16.2 Å². The molecule has 12 rings (SSSR count). The Morgan fingerprint density at radius 3 is 0.705 bits per heavy atom. The van der Waals surface area contributed by atoms with Gasteiger partial charge in [0, 0.05) is 21.8 Å². The van der Waals surface area contributed by atoms with Gasteiger partial charge in [0.1, 0.15) is 6.29 Å². The predicted molar refractivity (Wildman–Crippen MR) is 410 cm³/mol. The third-order valence-electron chi connectivity index (χ3n) is 23.1. The van der Waals surface area contributed by atoms with E-state index in [0.717, 1.165) is 50.4 Å². The third kappa shape index (κ3) is 13.6. The van der Waals surface area contributed by atoms with E-state index in [0.29, 0.717) is 0 Å². The molecule has 0 aromatic heterocycles. The van der Waals surface area contributed by atoms with Gasteiger partial charge < -0.3 is 0 Å². The number of benzene rings is 9. The summed E-state index contributed by atoms with van der Waals surface area (Å²) in [4.78, 5) is 12.2. The van der Waals surface area contributed by atoms with Gasteiger partial charge >= 0.3 is 0 Å². The molecule has 0 radical (unpaired) electrons. The van der Waals surface area contributed by atoms with Crippen LogP contribution in [0.2, 0.25) is 0 Å². The van der Waals surface area contributed by atoms with Crippen molar-refractivity contribution in [3.05, 3.63) is 227 Å². The van der Waals surface area contributed by atoms with Gasteiger partial charge in [0.25, 0.3) is 0 Å². The van der Waals surface area contributed by atoms with Crippen molar-refractivity contribution in [2.24, 2.45) is 0 Å². The van der Waals surface area contributed by atoms with Crippen LogP contribution in [-0.2, 0) is 16.2 Å². The van der Waals surface area contributed by atoms with E-state index >= 15 is 0 Å². The summed E-state index contributed by atoms with van der Waals surface area (Å²) >= 11 is 0. The van der Waals surface area contributed by atoms with Crippen molar-refractivity contribution in [2.45, 2.75) is 250 Å². The van der Waals surface area contributed by atoms with Gasteiger partial charge in [-0.15, -0.1) is 0 Å². The van der Waals surface area contributed by atoms with Crippen molar-refractivity contribution in [1.29, 1.82) is 0 Å². The van der Waals surface area contributed by atoms with E-state index in [1.54, 1.807) is 50.1 Å². The smallest absolute Gasteiger partial charge is 0.150 e. The molecule has 0 saturated carbocycles. The summed E-state index contributed by atoms with van der Waals surface area (Å²) in [6.45, 7) is 14.4. The van der Waals surface area contributed by atoms with Crippen molar-refractivity contribution >= 4 is 6.29 Å². The minimum Gasteiger partial charge on any atom is -0.298 e. The van der Waals surface area contributed by atoms with Crippen LogP contribution in [0.15, 0.2) is 188 Å². The largest absolute Gasteiger partial charge is 0.298 e. The van der Waals surface area contributed by atoms with E-state index in [2.05, 4.69) is 217 Å². The molecule has 3 aliphatic carbocycles. The summed E-state index contributed by atoms with van der Waals surface area (Å²) in [5.74, 6) is 0. The number of aldehydes is 1. The molecular formula is C94H110O. The van der Waals surface area contributed by atoms with Crippen molar-refractivity contribution in [1.82, 2.24) is 0 Å². The highest BCUT2D eigenvalue weighted by molar-refractivity contribution is 6.06. The van der Waals surface area contributed by atoms with Crippen LogP contribution in [0.1, 0.15) is 278 Å². The van der Waals surface area contributed by atoms with Crippen molar-refractivity contribution in [3.63, 3.8) is 0 Å². The maximum Gasteiger partial charge on any atom is 0.150 e. The molecule has 0 saturated heterocycles. The molecule has 0 atom stereocenters. The molecule has 1 heteroatoms. The molecule has 492 valence electrons. The fraction of sp³-hybridized carbons (Fsp3) is 0.415. The number of unbranched alkanes of at least 4 members (excludes halogenated alkanes) is 18. The Hall–Kier alpha value is -7.35. The molecule has 9 aromatic carbocycles. The third-order valence-corrected chi connectivity index (χ3v) is 23.1. The highest BCUT2D eigenvalue weighted by Gasteiger charge is 2.58. The second kappa shape index (κ2) is 31.7. The lowest BCUT2D eigenvalue weighted by Gasteiger charge is -2.40. The monoisotopic (exact) mass is 1250 g/mol. The van der Waals surface area contributed by atoms with Crippen LogP contribution in [-0.4, -0.2) is 6.29 Å². The maximum absolute atomic E-state index is 12.2. The zero-order chi connectivity index (χ0) is 65.6. The Balaban J connectivity index is 1.23. The minimum atomic E-state index is -0.218. The molecule has 1 nitrogen and oxygen atoms in total. The standard InChI is InChI=1S/C94H110O/c1-7-13-19-31-59-92(60-32-20-14-8-2)83-65-77(74-43-41-69(68-95)42-44-74)53-56-80(83)86-89(92)87-81-57-54-78(75-49-45-72(46-50-75)70-37-27-25-28-38-70)66-84(81)94(63-35-23-17-11-5,64-36-24-18-12-6)91(87)88-82-58-55-79(76-51-47-73(48-52-76)71-39-29-26-30-40-71)67-85(82)93(90(86)88,61-33-21-15-9-3)62-34-22-16-10-4/h25-30,37-58,65-68H,7-24,31-36,59-64H2,1-6H3. The molecule has 0 aliphatic heterocycles. The first-order valence-electron chi connectivity index (χ1n) is 38.4. The molecule has 0 heterocycles. The Labute approximate surface area is 574 Å². The van der Waals surface area contributed by atoms with Crippen molar-refractivity contribution in [3.8, 4) is 89.0 Å². The fourth-order valence-electron chi connectivity index (χ4n) is 18.2. The zero-order valence-corrected chi connectivity index (χ0v) is 59.1. The van der Waals surface area contributed by atoms with E-state index < -0.39 is 0 Å².